The summed E-state index contributed by atoms with van der Waals surface area (Å²) in [4.78, 5) is 19.8. The van der Waals surface area contributed by atoms with Crippen LogP contribution in [0.5, 0.6) is 0 Å². The number of rotatable bonds is 7. The summed E-state index contributed by atoms with van der Waals surface area (Å²) in [6.07, 6.45) is 3.06. The van der Waals surface area contributed by atoms with Crippen LogP contribution in [-0.4, -0.2) is 65.9 Å². The summed E-state index contributed by atoms with van der Waals surface area (Å²) in [5, 5.41) is 0. The van der Waals surface area contributed by atoms with Crippen molar-refractivity contribution in [2.75, 3.05) is 39.3 Å². The van der Waals surface area contributed by atoms with E-state index in [4.69, 9.17) is 0 Å². The summed E-state index contributed by atoms with van der Waals surface area (Å²) in [6.45, 7) is 5.58. The van der Waals surface area contributed by atoms with Gasteiger partial charge in [-0.25, -0.2) is 0 Å². The largest absolute Gasteiger partial charge is 0.416 e. The first-order valence-corrected chi connectivity index (χ1v) is 11.8. The number of benzene rings is 1. The van der Waals surface area contributed by atoms with Gasteiger partial charge in [0.2, 0.25) is 5.91 Å². The maximum atomic E-state index is 13.4. The van der Waals surface area contributed by atoms with E-state index in [1.54, 1.807) is 12.1 Å². The number of halogens is 3. The molecule has 4 nitrogen and oxygen atoms in total. The van der Waals surface area contributed by atoms with E-state index in [0.29, 0.717) is 12.1 Å². The summed E-state index contributed by atoms with van der Waals surface area (Å²) in [5.41, 5.74) is -0.224. The van der Waals surface area contributed by atoms with Crippen LogP contribution in [0, 0.1) is 5.92 Å². The van der Waals surface area contributed by atoms with E-state index in [9.17, 15) is 18.0 Å². The molecule has 0 aromatic heterocycles. The van der Waals surface area contributed by atoms with Gasteiger partial charge in [0.1, 0.15) is 0 Å². The van der Waals surface area contributed by atoms with Gasteiger partial charge in [-0.2, -0.15) is 13.2 Å². The minimum absolute atomic E-state index is 0.0995. The predicted octanol–water partition coefficient (Wildman–Crippen LogP) is 4.39. The van der Waals surface area contributed by atoms with Crippen LogP contribution in [0.3, 0.4) is 0 Å². The zero-order valence-corrected chi connectivity index (χ0v) is 18.2. The van der Waals surface area contributed by atoms with Crippen LogP contribution >= 0.6 is 0 Å². The van der Waals surface area contributed by atoms with E-state index in [1.807, 2.05) is 0 Å². The van der Waals surface area contributed by atoms with Crippen LogP contribution in [-0.2, 0) is 17.5 Å². The Labute approximate surface area is 183 Å². The van der Waals surface area contributed by atoms with Gasteiger partial charge in [-0.05, 0) is 69.8 Å². The number of hydrogen-bond donors (Lipinski definition) is 0. The molecule has 0 N–H and O–H groups in total. The molecule has 1 saturated carbocycles. The monoisotopic (exact) mass is 437 g/mol. The molecule has 2 heterocycles. The lowest BCUT2D eigenvalue weighted by molar-refractivity contribution is -0.142. The molecule has 172 valence electrons. The highest BCUT2D eigenvalue weighted by Gasteiger charge is 2.36. The Kier molecular flexibility index (Phi) is 7.22. The van der Waals surface area contributed by atoms with Crippen molar-refractivity contribution >= 4 is 5.91 Å². The number of nitrogens with zero attached hydrogens (tertiary/aromatic N) is 3. The fraction of sp³-hybridized carbons (Fsp3) is 0.708. The van der Waals surface area contributed by atoms with E-state index >= 15 is 0 Å². The lowest BCUT2D eigenvalue weighted by atomic mass is 9.83. The Morgan fingerprint density at radius 3 is 2.35 bits per heavy atom. The molecule has 0 bridgehead atoms. The van der Waals surface area contributed by atoms with Crippen molar-refractivity contribution in [3.8, 4) is 0 Å². The predicted molar refractivity (Wildman–Crippen MR) is 114 cm³/mol. The van der Waals surface area contributed by atoms with Crippen molar-refractivity contribution in [2.45, 2.75) is 63.7 Å². The average Bonchev–Trinajstić information content (AvgIpc) is 3.20. The smallest absolute Gasteiger partial charge is 0.337 e. The number of carbonyl (C=O) groups is 1. The molecule has 3 fully saturated rings. The highest BCUT2D eigenvalue weighted by molar-refractivity contribution is 5.80. The third-order valence-corrected chi connectivity index (χ3v) is 7.23. The van der Waals surface area contributed by atoms with Crippen LogP contribution in [0.25, 0.3) is 0 Å². The Hall–Kier alpha value is -1.60. The van der Waals surface area contributed by atoms with Crippen molar-refractivity contribution in [1.82, 2.24) is 14.7 Å². The third-order valence-electron chi connectivity index (χ3n) is 7.23. The lowest BCUT2D eigenvalue weighted by Gasteiger charge is -2.42. The molecule has 1 atom stereocenters. The van der Waals surface area contributed by atoms with Crippen LogP contribution in [0.4, 0.5) is 13.2 Å². The summed E-state index contributed by atoms with van der Waals surface area (Å²) < 4.78 is 40.3. The second-order valence-corrected chi connectivity index (χ2v) is 9.39. The van der Waals surface area contributed by atoms with Crippen LogP contribution in [0.2, 0.25) is 0 Å². The summed E-state index contributed by atoms with van der Waals surface area (Å²) in [5.74, 6) is 0.424. The van der Waals surface area contributed by atoms with Gasteiger partial charge in [0.15, 0.2) is 0 Å². The SMILES string of the molecule is O=C(C1CCC1)N(CCN1CCCC1)C1CCCN(Cc2ccccc2C(F)(F)F)C1. The fourth-order valence-corrected chi connectivity index (χ4v) is 5.22. The van der Waals surface area contributed by atoms with Crippen LogP contribution in [0.1, 0.15) is 56.1 Å². The van der Waals surface area contributed by atoms with Crippen LogP contribution < -0.4 is 0 Å². The molecule has 1 aromatic rings. The standard InChI is InChI=1S/C24H34F3N3O/c25-24(26,27)22-11-2-1-7-20(22)17-29-14-6-10-21(18-29)30(23(31)19-8-5-9-19)16-15-28-12-3-4-13-28/h1-2,7,11,19,21H,3-6,8-10,12-18H2. The number of carbonyl (C=O) groups excluding carboxylic acids is 1. The molecule has 1 amide bonds. The van der Waals surface area contributed by atoms with Crippen molar-refractivity contribution in [1.29, 1.82) is 0 Å². The molecule has 1 aliphatic carbocycles. The number of hydrogen-bond acceptors (Lipinski definition) is 3. The van der Waals surface area contributed by atoms with Gasteiger partial charge < -0.3 is 9.80 Å². The topological polar surface area (TPSA) is 26.8 Å². The maximum absolute atomic E-state index is 13.4. The Morgan fingerprint density at radius 1 is 0.968 bits per heavy atom. The number of piperidine rings is 1. The maximum Gasteiger partial charge on any atom is 0.416 e. The molecule has 4 rings (SSSR count). The van der Waals surface area contributed by atoms with Crippen molar-refractivity contribution in [2.24, 2.45) is 5.92 Å². The normalized spacial score (nSPS) is 23.6. The van der Waals surface area contributed by atoms with Gasteiger partial charge >= 0.3 is 6.18 Å². The zero-order valence-electron chi connectivity index (χ0n) is 18.2. The molecule has 0 spiro atoms. The minimum atomic E-state index is -4.34. The first kappa shape index (κ1) is 22.6. The molecule has 2 saturated heterocycles. The molecule has 1 aromatic carbocycles. The molecular weight excluding hydrogens is 403 g/mol. The first-order valence-electron chi connectivity index (χ1n) is 11.8. The second-order valence-electron chi connectivity index (χ2n) is 9.39. The molecule has 31 heavy (non-hydrogen) atoms. The number of likely N-dealkylation sites (tertiary alicyclic amines) is 2. The van der Waals surface area contributed by atoms with Crippen LogP contribution in [0.15, 0.2) is 24.3 Å². The number of alkyl halides is 3. The first-order chi connectivity index (χ1) is 14.9. The van der Waals surface area contributed by atoms with Gasteiger partial charge in [-0.1, -0.05) is 24.6 Å². The number of amides is 1. The summed E-state index contributed by atoms with van der Waals surface area (Å²) >= 11 is 0. The highest BCUT2D eigenvalue weighted by atomic mass is 19.4. The molecule has 7 heteroatoms. The Bertz CT molecular complexity index is 744. The third kappa shape index (κ3) is 5.61. The molecule has 1 unspecified atom stereocenters. The van der Waals surface area contributed by atoms with E-state index in [-0.39, 0.29) is 24.4 Å². The van der Waals surface area contributed by atoms with Crippen molar-refractivity contribution < 1.29 is 18.0 Å². The van der Waals surface area contributed by atoms with Gasteiger partial charge in [0.05, 0.1) is 5.56 Å². The van der Waals surface area contributed by atoms with Gasteiger partial charge in [-0.3, -0.25) is 9.69 Å². The Balaban J connectivity index is 1.43. The molecular formula is C24H34F3N3O. The lowest BCUT2D eigenvalue weighted by Crippen LogP contribution is -2.54. The highest BCUT2D eigenvalue weighted by Crippen LogP contribution is 2.33. The van der Waals surface area contributed by atoms with Gasteiger partial charge in [-0.15, -0.1) is 0 Å². The molecule has 3 aliphatic rings. The molecule has 0 radical (unpaired) electrons. The quantitative estimate of drug-likeness (QED) is 0.633. The van der Waals surface area contributed by atoms with E-state index in [1.165, 1.54) is 25.0 Å². The summed E-state index contributed by atoms with van der Waals surface area (Å²) in [6, 6.07) is 5.97. The summed E-state index contributed by atoms with van der Waals surface area (Å²) in [7, 11) is 0. The fourth-order valence-electron chi connectivity index (χ4n) is 5.22. The van der Waals surface area contributed by atoms with E-state index in [2.05, 4.69) is 14.7 Å². The molecule has 2 aliphatic heterocycles. The van der Waals surface area contributed by atoms with E-state index in [0.717, 1.165) is 64.8 Å². The van der Waals surface area contributed by atoms with E-state index < -0.39 is 11.7 Å². The zero-order chi connectivity index (χ0) is 21.8. The van der Waals surface area contributed by atoms with Crippen molar-refractivity contribution in [3.05, 3.63) is 35.4 Å². The van der Waals surface area contributed by atoms with Gasteiger partial charge in [0.25, 0.3) is 0 Å². The minimum Gasteiger partial charge on any atom is -0.337 e. The average molecular weight is 438 g/mol. The van der Waals surface area contributed by atoms with Crippen molar-refractivity contribution in [3.63, 3.8) is 0 Å². The van der Waals surface area contributed by atoms with Gasteiger partial charge in [0, 0.05) is 38.1 Å². The Morgan fingerprint density at radius 2 is 1.68 bits per heavy atom. The second kappa shape index (κ2) is 9.90.